The molecular formula is C15H14N2OS. The third kappa shape index (κ3) is 2.97. The summed E-state index contributed by atoms with van der Waals surface area (Å²) in [6.45, 7) is 0. The zero-order chi connectivity index (χ0) is 13.1. The SMILES string of the molecule is OC(Cc1ccncc1)Cc1nc2ccccc2s1. The molecule has 0 aliphatic rings. The van der Waals surface area contributed by atoms with Gasteiger partial charge < -0.3 is 5.11 Å². The van der Waals surface area contributed by atoms with Crippen LogP contribution in [0.25, 0.3) is 10.2 Å². The third-order valence-corrected chi connectivity index (χ3v) is 4.03. The molecule has 0 bridgehead atoms. The molecule has 0 radical (unpaired) electrons. The van der Waals surface area contributed by atoms with Crippen molar-refractivity contribution in [1.82, 2.24) is 9.97 Å². The van der Waals surface area contributed by atoms with E-state index in [-0.39, 0.29) is 0 Å². The molecule has 96 valence electrons. The Labute approximate surface area is 115 Å². The summed E-state index contributed by atoms with van der Waals surface area (Å²) in [5, 5.41) is 11.1. The van der Waals surface area contributed by atoms with Gasteiger partial charge in [-0.25, -0.2) is 4.98 Å². The molecule has 0 spiro atoms. The fraction of sp³-hybridized carbons (Fsp3) is 0.200. The average molecular weight is 270 g/mol. The van der Waals surface area contributed by atoms with E-state index >= 15 is 0 Å². The largest absolute Gasteiger partial charge is 0.392 e. The van der Waals surface area contributed by atoms with Gasteiger partial charge in [-0.05, 0) is 36.2 Å². The van der Waals surface area contributed by atoms with E-state index in [1.54, 1.807) is 23.7 Å². The number of nitrogens with zero attached hydrogens (tertiary/aromatic N) is 2. The van der Waals surface area contributed by atoms with Gasteiger partial charge in [0, 0.05) is 18.8 Å². The Kier molecular flexibility index (Phi) is 3.53. The monoisotopic (exact) mass is 270 g/mol. The molecule has 1 aromatic carbocycles. The summed E-state index contributed by atoms with van der Waals surface area (Å²) in [5.41, 5.74) is 2.11. The molecule has 1 atom stereocenters. The average Bonchev–Trinajstić information content (AvgIpc) is 2.81. The summed E-state index contributed by atoms with van der Waals surface area (Å²) < 4.78 is 1.17. The molecule has 1 unspecified atom stereocenters. The molecule has 19 heavy (non-hydrogen) atoms. The lowest BCUT2D eigenvalue weighted by molar-refractivity contribution is 0.175. The molecule has 0 fully saturated rings. The number of fused-ring (bicyclic) bond motifs is 1. The van der Waals surface area contributed by atoms with E-state index in [9.17, 15) is 5.11 Å². The van der Waals surface area contributed by atoms with Gasteiger partial charge in [-0.1, -0.05) is 12.1 Å². The Morgan fingerprint density at radius 1 is 1.05 bits per heavy atom. The Bertz CT molecular complexity index is 633. The van der Waals surface area contributed by atoms with Crippen molar-refractivity contribution in [2.45, 2.75) is 18.9 Å². The number of pyridine rings is 1. The van der Waals surface area contributed by atoms with E-state index in [1.165, 1.54) is 4.70 Å². The van der Waals surface area contributed by atoms with Gasteiger partial charge in [0.25, 0.3) is 0 Å². The van der Waals surface area contributed by atoms with Crippen LogP contribution >= 0.6 is 11.3 Å². The second-order valence-corrected chi connectivity index (χ2v) is 5.61. The molecule has 0 aliphatic heterocycles. The number of thiazole rings is 1. The lowest BCUT2D eigenvalue weighted by atomic mass is 10.1. The fourth-order valence-electron chi connectivity index (χ4n) is 2.07. The quantitative estimate of drug-likeness (QED) is 0.793. The van der Waals surface area contributed by atoms with Gasteiger partial charge in [0.05, 0.1) is 21.3 Å². The highest BCUT2D eigenvalue weighted by Crippen LogP contribution is 2.22. The van der Waals surface area contributed by atoms with Crippen LogP contribution in [0.4, 0.5) is 0 Å². The fourth-order valence-corrected chi connectivity index (χ4v) is 3.11. The first-order chi connectivity index (χ1) is 9.31. The van der Waals surface area contributed by atoms with E-state index in [0.717, 1.165) is 16.1 Å². The minimum absolute atomic E-state index is 0.400. The van der Waals surface area contributed by atoms with Gasteiger partial charge in [0.15, 0.2) is 0 Å². The van der Waals surface area contributed by atoms with Gasteiger partial charge in [0.2, 0.25) is 0 Å². The molecule has 3 rings (SSSR count). The Hall–Kier alpha value is -1.78. The molecule has 0 saturated carbocycles. The maximum atomic E-state index is 10.1. The van der Waals surface area contributed by atoms with Gasteiger partial charge in [-0.2, -0.15) is 0 Å². The van der Waals surface area contributed by atoms with Crippen molar-refractivity contribution in [3.8, 4) is 0 Å². The molecular weight excluding hydrogens is 256 g/mol. The van der Waals surface area contributed by atoms with Crippen LogP contribution in [0, 0.1) is 0 Å². The number of hydrogen-bond acceptors (Lipinski definition) is 4. The van der Waals surface area contributed by atoms with Gasteiger partial charge in [-0.3, -0.25) is 4.98 Å². The highest BCUT2D eigenvalue weighted by atomic mass is 32.1. The van der Waals surface area contributed by atoms with E-state index in [2.05, 4.69) is 16.0 Å². The molecule has 1 N–H and O–H groups in total. The van der Waals surface area contributed by atoms with Crippen LogP contribution < -0.4 is 0 Å². The number of para-hydroxylation sites is 1. The Morgan fingerprint density at radius 2 is 1.84 bits per heavy atom. The highest BCUT2D eigenvalue weighted by Gasteiger charge is 2.10. The molecule has 2 aromatic heterocycles. The first kappa shape index (κ1) is 12.3. The van der Waals surface area contributed by atoms with Gasteiger partial charge >= 0.3 is 0 Å². The van der Waals surface area contributed by atoms with Crippen LogP contribution in [0.3, 0.4) is 0 Å². The number of aliphatic hydroxyl groups excluding tert-OH is 1. The van der Waals surface area contributed by atoms with Crippen molar-refractivity contribution < 1.29 is 5.11 Å². The minimum atomic E-state index is -0.400. The molecule has 3 nitrogen and oxygen atoms in total. The smallest absolute Gasteiger partial charge is 0.0964 e. The second-order valence-electron chi connectivity index (χ2n) is 4.49. The Balaban J connectivity index is 1.70. The predicted molar refractivity (Wildman–Crippen MR) is 77.3 cm³/mol. The van der Waals surface area contributed by atoms with Crippen LogP contribution in [0.1, 0.15) is 10.6 Å². The van der Waals surface area contributed by atoms with E-state index < -0.39 is 6.10 Å². The van der Waals surface area contributed by atoms with Crippen LogP contribution in [-0.4, -0.2) is 21.2 Å². The first-order valence-corrected chi connectivity index (χ1v) is 7.04. The van der Waals surface area contributed by atoms with Crippen molar-refractivity contribution >= 4 is 21.6 Å². The number of benzene rings is 1. The lowest BCUT2D eigenvalue weighted by Gasteiger charge is -2.08. The van der Waals surface area contributed by atoms with Crippen molar-refractivity contribution in [3.63, 3.8) is 0 Å². The van der Waals surface area contributed by atoms with Crippen LogP contribution in [0.15, 0.2) is 48.8 Å². The summed E-state index contributed by atoms with van der Waals surface area (Å²) >= 11 is 1.65. The van der Waals surface area contributed by atoms with Crippen molar-refractivity contribution in [3.05, 3.63) is 59.4 Å². The third-order valence-electron chi connectivity index (χ3n) is 2.97. The first-order valence-electron chi connectivity index (χ1n) is 6.23. The van der Waals surface area contributed by atoms with E-state index in [1.807, 2.05) is 30.3 Å². The number of rotatable bonds is 4. The number of hydrogen-bond donors (Lipinski definition) is 1. The molecule has 3 aromatic rings. The topological polar surface area (TPSA) is 46.0 Å². The normalized spacial score (nSPS) is 12.7. The maximum absolute atomic E-state index is 10.1. The second kappa shape index (κ2) is 5.47. The number of aliphatic hydroxyl groups is 1. The van der Waals surface area contributed by atoms with Gasteiger partial charge in [0.1, 0.15) is 0 Å². The lowest BCUT2D eigenvalue weighted by Crippen LogP contribution is -2.13. The highest BCUT2D eigenvalue weighted by molar-refractivity contribution is 7.18. The molecule has 0 saturated heterocycles. The van der Waals surface area contributed by atoms with Gasteiger partial charge in [-0.15, -0.1) is 11.3 Å². The maximum Gasteiger partial charge on any atom is 0.0964 e. The standard InChI is InChI=1S/C15H14N2OS/c18-12(9-11-5-7-16-8-6-11)10-15-17-13-3-1-2-4-14(13)19-15/h1-8,12,18H,9-10H2. The summed E-state index contributed by atoms with van der Waals surface area (Å²) in [5.74, 6) is 0. The summed E-state index contributed by atoms with van der Waals surface area (Å²) in [7, 11) is 0. The number of aromatic nitrogens is 2. The summed E-state index contributed by atoms with van der Waals surface area (Å²) in [4.78, 5) is 8.51. The zero-order valence-corrected chi connectivity index (χ0v) is 11.2. The van der Waals surface area contributed by atoms with E-state index in [0.29, 0.717) is 12.8 Å². The molecule has 2 heterocycles. The van der Waals surface area contributed by atoms with Crippen LogP contribution in [-0.2, 0) is 12.8 Å². The van der Waals surface area contributed by atoms with Crippen LogP contribution in [0.5, 0.6) is 0 Å². The Morgan fingerprint density at radius 3 is 2.63 bits per heavy atom. The molecule has 4 heteroatoms. The zero-order valence-electron chi connectivity index (χ0n) is 10.4. The van der Waals surface area contributed by atoms with Crippen molar-refractivity contribution in [1.29, 1.82) is 0 Å². The van der Waals surface area contributed by atoms with Crippen molar-refractivity contribution in [2.75, 3.05) is 0 Å². The molecule has 0 aliphatic carbocycles. The minimum Gasteiger partial charge on any atom is -0.392 e. The molecule has 0 amide bonds. The predicted octanol–water partition coefficient (Wildman–Crippen LogP) is 2.84. The summed E-state index contributed by atoms with van der Waals surface area (Å²) in [6.07, 6.45) is 4.34. The van der Waals surface area contributed by atoms with Crippen LogP contribution in [0.2, 0.25) is 0 Å². The van der Waals surface area contributed by atoms with Crippen molar-refractivity contribution in [2.24, 2.45) is 0 Å². The van der Waals surface area contributed by atoms with E-state index in [4.69, 9.17) is 0 Å². The summed E-state index contributed by atoms with van der Waals surface area (Å²) in [6, 6.07) is 11.9.